The van der Waals surface area contributed by atoms with Crippen molar-refractivity contribution < 1.29 is 0 Å². The predicted molar refractivity (Wildman–Crippen MR) is 81.2 cm³/mol. The summed E-state index contributed by atoms with van der Waals surface area (Å²) in [5.41, 5.74) is 1.96. The average molecular weight is 316 g/mol. The summed E-state index contributed by atoms with van der Waals surface area (Å²) in [6.45, 7) is 0. The Labute approximate surface area is 127 Å². The Morgan fingerprint density at radius 3 is 2.42 bits per heavy atom. The normalized spacial score (nSPS) is 12.4. The van der Waals surface area contributed by atoms with Crippen molar-refractivity contribution >= 4 is 34.8 Å². The van der Waals surface area contributed by atoms with Crippen LogP contribution in [-0.4, -0.2) is 12.0 Å². The lowest BCUT2D eigenvalue weighted by Gasteiger charge is -2.16. The zero-order valence-corrected chi connectivity index (χ0v) is 12.6. The molecule has 1 aromatic carbocycles. The van der Waals surface area contributed by atoms with Gasteiger partial charge in [0.25, 0.3) is 0 Å². The van der Waals surface area contributed by atoms with Crippen LogP contribution < -0.4 is 5.32 Å². The van der Waals surface area contributed by atoms with Crippen LogP contribution in [-0.2, 0) is 6.42 Å². The number of benzene rings is 1. The van der Waals surface area contributed by atoms with E-state index >= 15 is 0 Å². The Morgan fingerprint density at radius 1 is 1.11 bits per heavy atom. The van der Waals surface area contributed by atoms with Crippen LogP contribution in [0.25, 0.3) is 0 Å². The van der Waals surface area contributed by atoms with Crippen LogP contribution in [0.4, 0.5) is 0 Å². The Kier molecular flexibility index (Phi) is 5.06. The molecular formula is C14H13Cl3N2. The van der Waals surface area contributed by atoms with Crippen LogP contribution in [0.3, 0.4) is 0 Å². The Hall–Kier alpha value is -0.800. The molecule has 0 saturated heterocycles. The minimum absolute atomic E-state index is 0.0796. The number of nitrogens with zero attached hydrogens (tertiary/aromatic N) is 1. The van der Waals surface area contributed by atoms with Gasteiger partial charge in [-0.3, -0.25) is 4.98 Å². The highest BCUT2D eigenvalue weighted by Crippen LogP contribution is 2.25. The zero-order chi connectivity index (χ0) is 13.8. The fourth-order valence-corrected chi connectivity index (χ4v) is 2.45. The van der Waals surface area contributed by atoms with E-state index in [1.54, 1.807) is 12.3 Å². The van der Waals surface area contributed by atoms with E-state index in [0.29, 0.717) is 15.1 Å². The molecule has 5 heteroatoms. The number of rotatable bonds is 4. The van der Waals surface area contributed by atoms with Gasteiger partial charge in [-0.25, -0.2) is 0 Å². The number of hydrogen-bond donors (Lipinski definition) is 1. The predicted octanol–water partition coefficient (Wildman–Crippen LogP) is 4.55. The number of aromatic nitrogens is 1. The molecule has 0 saturated carbocycles. The van der Waals surface area contributed by atoms with Gasteiger partial charge in [0.05, 0.1) is 16.8 Å². The second-order valence-electron chi connectivity index (χ2n) is 4.18. The van der Waals surface area contributed by atoms with Gasteiger partial charge in [-0.15, -0.1) is 0 Å². The second-order valence-corrected chi connectivity index (χ2v) is 5.46. The molecule has 19 heavy (non-hydrogen) atoms. The molecule has 0 aliphatic heterocycles. The van der Waals surface area contributed by atoms with E-state index < -0.39 is 0 Å². The van der Waals surface area contributed by atoms with Crippen LogP contribution >= 0.6 is 34.8 Å². The fourth-order valence-electron chi connectivity index (χ4n) is 1.86. The maximum absolute atomic E-state index is 6.19. The molecule has 1 N–H and O–H groups in total. The molecular weight excluding hydrogens is 303 g/mol. The third kappa shape index (κ3) is 3.83. The molecule has 2 rings (SSSR count). The second kappa shape index (κ2) is 6.58. The van der Waals surface area contributed by atoms with E-state index in [9.17, 15) is 0 Å². The lowest BCUT2D eigenvalue weighted by atomic mass is 10.0. The molecule has 2 aromatic rings. The Balaban J connectivity index is 2.21. The quantitative estimate of drug-likeness (QED) is 0.895. The van der Waals surface area contributed by atoms with Gasteiger partial charge in [0.1, 0.15) is 0 Å². The van der Waals surface area contributed by atoms with Crippen LogP contribution in [0, 0.1) is 0 Å². The standard InChI is InChI=1S/C14H13Cl3N2/c1-18-14(13-5-4-11(16)8-19-13)6-9-2-3-10(15)7-12(9)17/h2-5,7-8,14,18H,6H2,1H3. The van der Waals surface area contributed by atoms with Crippen molar-refractivity contribution in [2.24, 2.45) is 0 Å². The van der Waals surface area contributed by atoms with E-state index in [-0.39, 0.29) is 6.04 Å². The van der Waals surface area contributed by atoms with Gasteiger partial charge in [-0.1, -0.05) is 40.9 Å². The summed E-state index contributed by atoms with van der Waals surface area (Å²) in [6, 6.07) is 9.34. The molecule has 1 unspecified atom stereocenters. The van der Waals surface area contributed by atoms with E-state index in [2.05, 4.69) is 10.3 Å². The molecule has 100 valence electrons. The maximum atomic E-state index is 6.19. The van der Waals surface area contributed by atoms with Crippen molar-refractivity contribution in [3.63, 3.8) is 0 Å². The highest BCUT2D eigenvalue weighted by Gasteiger charge is 2.13. The molecule has 1 atom stereocenters. The van der Waals surface area contributed by atoms with Crippen molar-refractivity contribution in [3.8, 4) is 0 Å². The largest absolute Gasteiger partial charge is 0.311 e. The molecule has 1 aromatic heterocycles. The summed E-state index contributed by atoms with van der Waals surface area (Å²) in [4.78, 5) is 4.33. The van der Waals surface area contributed by atoms with E-state index in [1.807, 2.05) is 31.3 Å². The number of halogens is 3. The first-order valence-electron chi connectivity index (χ1n) is 5.83. The lowest BCUT2D eigenvalue weighted by molar-refractivity contribution is 0.576. The molecule has 0 aliphatic carbocycles. The van der Waals surface area contributed by atoms with Gasteiger partial charge in [-0.2, -0.15) is 0 Å². The van der Waals surface area contributed by atoms with E-state index in [0.717, 1.165) is 17.7 Å². The van der Waals surface area contributed by atoms with Gasteiger partial charge < -0.3 is 5.32 Å². The van der Waals surface area contributed by atoms with Crippen LogP contribution in [0.5, 0.6) is 0 Å². The SMILES string of the molecule is CNC(Cc1ccc(Cl)cc1Cl)c1ccc(Cl)cn1. The van der Waals surface area contributed by atoms with Gasteiger partial charge in [0.2, 0.25) is 0 Å². The third-order valence-electron chi connectivity index (χ3n) is 2.89. The average Bonchev–Trinajstić information content (AvgIpc) is 2.39. The Morgan fingerprint density at radius 2 is 1.84 bits per heavy atom. The minimum atomic E-state index is 0.0796. The molecule has 0 amide bonds. The third-order valence-corrected chi connectivity index (χ3v) is 3.71. The summed E-state index contributed by atoms with van der Waals surface area (Å²) in [5.74, 6) is 0. The van der Waals surface area contributed by atoms with Gasteiger partial charge >= 0.3 is 0 Å². The molecule has 0 spiro atoms. The van der Waals surface area contributed by atoms with E-state index in [4.69, 9.17) is 34.8 Å². The first-order valence-corrected chi connectivity index (χ1v) is 6.96. The Bertz CT molecular complexity index is 555. The molecule has 0 radical (unpaired) electrons. The summed E-state index contributed by atoms with van der Waals surface area (Å²) in [7, 11) is 1.89. The first kappa shape index (κ1) is 14.6. The summed E-state index contributed by atoms with van der Waals surface area (Å²) >= 11 is 17.9. The summed E-state index contributed by atoms with van der Waals surface area (Å²) in [6.07, 6.45) is 2.38. The first-order chi connectivity index (χ1) is 9.10. The molecule has 0 bridgehead atoms. The van der Waals surface area contributed by atoms with E-state index in [1.165, 1.54) is 0 Å². The number of pyridine rings is 1. The number of nitrogens with one attached hydrogen (secondary N) is 1. The highest BCUT2D eigenvalue weighted by atomic mass is 35.5. The van der Waals surface area contributed by atoms with Gasteiger partial charge in [-0.05, 0) is 43.3 Å². The lowest BCUT2D eigenvalue weighted by Crippen LogP contribution is -2.20. The van der Waals surface area contributed by atoms with Gasteiger partial charge in [0, 0.05) is 16.2 Å². The summed E-state index contributed by atoms with van der Waals surface area (Å²) in [5, 5.41) is 5.17. The summed E-state index contributed by atoms with van der Waals surface area (Å²) < 4.78 is 0. The smallest absolute Gasteiger partial charge is 0.0589 e. The molecule has 2 nitrogen and oxygen atoms in total. The topological polar surface area (TPSA) is 24.9 Å². The van der Waals surface area contributed by atoms with Crippen molar-refractivity contribution in [1.29, 1.82) is 0 Å². The van der Waals surface area contributed by atoms with Crippen molar-refractivity contribution in [2.45, 2.75) is 12.5 Å². The van der Waals surface area contributed by atoms with Gasteiger partial charge in [0.15, 0.2) is 0 Å². The van der Waals surface area contributed by atoms with Crippen LogP contribution in [0.1, 0.15) is 17.3 Å². The number of likely N-dealkylation sites (N-methyl/N-ethyl adjacent to an activating group) is 1. The van der Waals surface area contributed by atoms with Crippen LogP contribution in [0.15, 0.2) is 36.5 Å². The number of hydrogen-bond acceptors (Lipinski definition) is 2. The highest BCUT2D eigenvalue weighted by molar-refractivity contribution is 6.35. The van der Waals surface area contributed by atoms with Crippen molar-refractivity contribution in [3.05, 3.63) is 62.9 Å². The molecule has 0 fully saturated rings. The minimum Gasteiger partial charge on any atom is -0.311 e. The molecule has 0 aliphatic rings. The zero-order valence-electron chi connectivity index (χ0n) is 10.3. The monoisotopic (exact) mass is 314 g/mol. The fraction of sp³-hybridized carbons (Fsp3) is 0.214. The van der Waals surface area contributed by atoms with Crippen molar-refractivity contribution in [1.82, 2.24) is 10.3 Å². The molecule has 1 heterocycles. The van der Waals surface area contributed by atoms with Crippen molar-refractivity contribution in [2.75, 3.05) is 7.05 Å². The van der Waals surface area contributed by atoms with Crippen LogP contribution in [0.2, 0.25) is 15.1 Å². The maximum Gasteiger partial charge on any atom is 0.0589 e.